The van der Waals surface area contributed by atoms with Gasteiger partial charge in [0, 0.05) is 13.1 Å². The molecule has 0 amide bonds. The molecule has 0 radical (unpaired) electrons. The SMILES string of the molecule is CN(CC1CC2CCC1C2)CC(C#N)C(F)(F)F. The van der Waals surface area contributed by atoms with Gasteiger partial charge in [0.05, 0.1) is 6.07 Å². The average Bonchev–Trinajstić information content (AvgIpc) is 2.85. The lowest BCUT2D eigenvalue weighted by Crippen LogP contribution is -2.37. The molecular weight excluding hydrogens is 241 g/mol. The second-order valence-electron chi connectivity index (χ2n) is 5.88. The maximum absolute atomic E-state index is 12.5. The minimum Gasteiger partial charge on any atom is -0.304 e. The zero-order valence-corrected chi connectivity index (χ0v) is 10.6. The first kappa shape index (κ1) is 13.7. The van der Waals surface area contributed by atoms with Crippen LogP contribution in [-0.2, 0) is 0 Å². The summed E-state index contributed by atoms with van der Waals surface area (Å²) in [6, 6.07) is 1.37. The van der Waals surface area contributed by atoms with Gasteiger partial charge in [0.15, 0.2) is 5.92 Å². The van der Waals surface area contributed by atoms with Gasteiger partial charge in [-0.1, -0.05) is 6.42 Å². The Morgan fingerprint density at radius 3 is 2.50 bits per heavy atom. The summed E-state index contributed by atoms with van der Waals surface area (Å²) in [7, 11) is 1.70. The van der Waals surface area contributed by atoms with Crippen molar-refractivity contribution in [1.29, 1.82) is 5.26 Å². The average molecular weight is 260 g/mol. The summed E-state index contributed by atoms with van der Waals surface area (Å²) in [5.74, 6) is 0.203. The van der Waals surface area contributed by atoms with Gasteiger partial charge in [0.2, 0.25) is 0 Å². The first-order valence-corrected chi connectivity index (χ1v) is 6.55. The molecule has 0 aromatic rings. The van der Waals surface area contributed by atoms with E-state index in [2.05, 4.69) is 0 Å². The highest BCUT2D eigenvalue weighted by atomic mass is 19.4. The molecule has 18 heavy (non-hydrogen) atoms. The molecule has 4 unspecified atom stereocenters. The Hall–Kier alpha value is -0.760. The van der Waals surface area contributed by atoms with Crippen LogP contribution in [0.15, 0.2) is 0 Å². The lowest BCUT2D eigenvalue weighted by atomic mass is 9.88. The Kier molecular flexibility index (Phi) is 3.86. The minimum atomic E-state index is -4.41. The first-order valence-electron chi connectivity index (χ1n) is 6.55. The predicted molar refractivity (Wildman–Crippen MR) is 61.6 cm³/mol. The third-order valence-corrected chi connectivity index (χ3v) is 4.48. The molecule has 0 heterocycles. The summed E-state index contributed by atoms with van der Waals surface area (Å²) >= 11 is 0. The van der Waals surface area contributed by atoms with Gasteiger partial charge in [0.25, 0.3) is 0 Å². The monoisotopic (exact) mass is 260 g/mol. The molecule has 2 saturated carbocycles. The van der Waals surface area contributed by atoms with E-state index in [4.69, 9.17) is 5.26 Å². The Morgan fingerprint density at radius 2 is 2.06 bits per heavy atom. The molecule has 0 aliphatic heterocycles. The smallest absolute Gasteiger partial charge is 0.304 e. The fourth-order valence-electron chi connectivity index (χ4n) is 3.60. The van der Waals surface area contributed by atoms with E-state index in [-0.39, 0.29) is 6.54 Å². The molecule has 2 aliphatic rings. The number of alkyl halides is 3. The van der Waals surface area contributed by atoms with E-state index in [1.165, 1.54) is 25.3 Å². The van der Waals surface area contributed by atoms with Gasteiger partial charge < -0.3 is 4.90 Å². The zero-order valence-electron chi connectivity index (χ0n) is 10.6. The molecule has 0 aromatic carbocycles. The van der Waals surface area contributed by atoms with E-state index < -0.39 is 12.1 Å². The van der Waals surface area contributed by atoms with Crippen molar-refractivity contribution in [3.63, 3.8) is 0 Å². The molecular formula is C13H19F3N2. The van der Waals surface area contributed by atoms with Gasteiger partial charge in [-0.2, -0.15) is 18.4 Å². The predicted octanol–water partition coefficient (Wildman–Crippen LogP) is 3.06. The summed E-state index contributed by atoms with van der Waals surface area (Å²) < 4.78 is 37.5. The van der Waals surface area contributed by atoms with Crippen molar-refractivity contribution in [3.8, 4) is 6.07 Å². The number of nitriles is 1. The van der Waals surface area contributed by atoms with E-state index in [0.29, 0.717) is 18.4 Å². The van der Waals surface area contributed by atoms with Gasteiger partial charge in [-0.3, -0.25) is 0 Å². The summed E-state index contributed by atoms with van der Waals surface area (Å²) in [6.07, 6.45) is 0.563. The van der Waals surface area contributed by atoms with E-state index in [1.54, 1.807) is 11.9 Å². The minimum absolute atomic E-state index is 0.201. The molecule has 2 nitrogen and oxygen atoms in total. The summed E-state index contributed by atoms with van der Waals surface area (Å²) in [5.41, 5.74) is 0. The number of nitrogens with zero attached hydrogens (tertiary/aromatic N) is 2. The maximum Gasteiger partial charge on any atom is 0.405 e. The lowest BCUT2D eigenvalue weighted by Gasteiger charge is -2.28. The van der Waals surface area contributed by atoms with Gasteiger partial charge in [-0.05, 0) is 44.1 Å². The summed E-state index contributed by atoms with van der Waals surface area (Å²) in [5, 5.41) is 8.58. The van der Waals surface area contributed by atoms with E-state index in [9.17, 15) is 13.2 Å². The van der Waals surface area contributed by atoms with Gasteiger partial charge in [-0.15, -0.1) is 0 Å². The highest BCUT2D eigenvalue weighted by Gasteiger charge is 2.42. The zero-order chi connectivity index (χ0) is 13.3. The Labute approximate surface area is 106 Å². The van der Waals surface area contributed by atoms with Gasteiger partial charge >= 0.3 is 6.18 Å². The van der Waals surface area contributed by atoms with Crippen LogP contribution in [0.5, 0.6) is 0 Å². The van der Waals surface area contributed by atoms with Crippen LogP contribution >= 0.6 is 0 Å². The Bertz CT molecular complexity index is 334. The van der Waals surface area contributed by atoms with Crippen molar-refractivity contribution in [2.24, 2.45) is 23.7 Å². The van der Waals surface area contributed by atoms with Gasteiger partial charge in [-0.25, -0.2) is 0 Å². The van der Waals surface area contributed by atoms with Crippen LogP contribution in [0.2, 0.25) is 0 Å². The molecule has 2 aliphatic carbocycles. The van der Waals surface area contributed by atoms with Crippen LogP contribution in [0.3, 0.4) is 0 Å². The highest BCUT2D eigenvalue weighted by molar-refractivity contribution is 4.93. The van der Waals surface area contributed by atoms with E-state index >= 15 is 0 Å². The van der Waals surface area contributed by atoms with Crippen molar-refractivity contribution >= 4 is 0 Å². The van der Waals surface area contributed by atoms with Crippen LogP contribution in [-0.4, -0.2) is 31.2 Å². The largest absolute Gasteiger partial charge is 0.405 e. The molecule has 0 N–H and O–H groups in total. The number of hydrogen-bond donors (Lipinski definition) is 0. The number of halogens is 3. The number of fused-ring (bicyclic) bond motifs is 2. The van der Waals surface area contributed by atoms with Crippen molar-refractivity contribution in [2.75, 3.05) is 20.1 Å². The number of hydrogen-bond acceptors (Lipinski definition) is 2. The number of rotatable bonds is 4. The Morgan fingerprint density at radius 1 is 1.33 bits per heavy atom. The second kappa shape index (κ2) is 5.08. The summed E-state index contributed by atoms with van der Waals surface area (Å²) in [6.45, 7) is 0.503. The van der Waals surface area contributed by atoms with Crippen LogP contribution in [0, 0.1) is 35.0 Å². The van der Waals surface area contributed by atoms with Crippen LogP contribution < -0.4 is 0 Å². The molecule has 4 atom stereocenters. The van der Waals surface area contributed by atoms with Crippen LogP contribution in [0.4, 0.5) is 13.2 Å². The third-order valence-electron chi connectivity index (χ3n) is 4.48. The third kappa shape index (κ3) is 2.97. The molecule has 0 spiro atoms. The van der Waals surface area contributed by atoms with Gasteiger partial charge in [0.1, 0.15) is 0 Å². The summed E-state index contributed by atoms with van der Waals surface area (Å²) in [4.78, 5) is 1.69. The van der Waals surface area contributed by atoms with E-state index in [0.717, 1.165) is 12.3 Å². The molecule has 5 heteroatoms. The standard InChI is InChI=1S/C13H19F3N2/c1-18(8-12(6-17)13(14,15)16)7-11-5-9-2-3-10(11)4-9/h9-12H,2-5,7-8H2,1H3. The lowest BCUT2D eigenvalue weighted by molar-refractivity contribution is -0.162. The Balaban J connectivity index is 1.82. The first-order chi connectivity index (χ1) is 8.40. The highest BCUT2D eigenvalue weighted by Crippen LogP contribution is 2.48. The molecule has 0 saturated heterocycles. The second-order valence-corrected chi connectivity index (χ2v) is 5.88. The van der Waals surface area contributed by atoms with Crippen molar-refractivity contribution in [3.05, 3.63) is 0 Å². The topological polar surface area (TPSA) is 27.0 Å². The van der Waals surface area contributed by atoms with Crippen molar-refractivity contribution < 1.29 is 13.2 Å². The molecule has 102 valence electrons. The molecule has 2 fully saturated rings. The maximum atomic E-state index is 12.5. The molecule has 2 bridgehead atoms. The normalized spacial score (nSPS) is 32.8. The quantitative estimate of drug-likeness (QED) is 0.776. The molecule has 2 rings (SSSR count). The van der Waals surface area contributed by atoms with Crippen LogP contribution in [0.25, 0.3) is 0 Å². The fraction of sp³-hybridized carbons (Fsp3) is 0.923. The van der Waals surface area contributed by atoms with E-state index in [1.807, 2.05) is 0 Å². The van der Waals surface area contributed by atoms with Crippen LogP contribution in [0.1, 0.15) is 25.7 Å². The fourth-order valence-corrected chi connectivity index (χ4v) is 3.60. The molecule has 0 aromatic heterocycles. The van der Waals surface area contributed by atoms with Crippen molar-refractivity contribution in [2.45, 2.75) is 31.9 Å². The van der Waals surface area contributed by atoms with Crippen molar-refractivity contribution in [1.82, 2.24) is 4.90 Å².